The molecule has 39 heteroatoms. The van der Waals surface area contributed by atoms with Crippen molar-refractivity contribution in [2.24, 2.45) is 11.5 Å². The Bertz CT molecular complexity index is 3720. The average molecular weight is 1620 g/mol. The number of carboxylic acid groups (broad SMARTS) is 1. The van der Waals surface area contributed by atoms with E-state index in [0.29, 0.717) is 110 Å². The summed E-state index contributed by atoms with van der Waals surface area (Å²) < 4.78 is 54.1. The van der Waals surface area contributed by atoms with Gasteiger partial charge in [0.1, 0.15) is 81.5 Å². The molecule has 0 unspecified atom stereocenters. The van der Waals surface area contributed by atoms with Crippen molar-refractivity contribution in [2.45, 2.75) is 97.3 Å². The normalized spacial score (nSPS) is 11.5. The summed E-state index contributed by atoms with van der Waals surface area (Å²) in [6, 6.07) is 9.87. The maximum absolute atomic E-state index is 11.8. The van der Waals surface area contributed by atoms with E-state index < -0.39 is 35.6 Å². The second-order valence-electron chi connectivity index (χ2n) is 22.3. The van der Waals surface area contributed by atoms with Gasteiger partial charge in [-0.15, -0.1) is 58.8 Å². The van der Waals surface area contributed by atoms with Crippen LogP contribution in [0.5, 0.6) is 34.5 Å². The van der Waals surface area contributed by atoms with Crippen molar-refractivity contribution in [3.8, 4) is 34.5 Å². The molecule has 8 rings (SSSR count). The van der Waals surface area contributed by atoms with Crippen LogP contribution in [0.2, 0.25) is 5.15 Å². The Morgan fingerprint density at radius 2 is 0.972 bits per heavy atom. The number of nitrogens with two attached hydrogens (primary N) is 2. The number of halogens is 1. The first-order valence-corrected chi connectivity index (χ1v) is 37.7. The number of esters is 4. The molecule has 0 aliphatic carbocycles. The van der Waals surface area contributed by atoms with E-state index in [1.54, 1.807) is 95.3 Å². The van der Waals surface area contributed by atoms with Gasteiger partial charge in [0.15, 0.2) is 0 Å². The summed E-state index contributed by atoms with van der Waals surface area (Å²) in [5.74, 6) is 5.23. The van der Waals surface area contributed by atoms with Crippen LogP contribution in [0.1, 0.15) is 112 Å². The molecular formula is C68H95ClLiN11O20S6. The zero-order valence-corrected chi connectivity index (χ0v) is 68.5. The maximum Gasteiger partial charge on any atom is 1.00 e. The molecule has 0 bridgehead atoms. The molecule has 6 aromatic heterocycles. The standard InChI is InChI=1S/C15H22N2O5S.C10H14N2O3S.C9H12N2O3S.C9H10N2O2S.C9H12N2OS.C8H8ClNO3.C8H16O2S.Li.H2O/c1-15(2,3)22-14(19)16-6-7-23-12-11(13(18)21-5)8-10(20-4)9-17-12;1-14-7-5-8(10(13)15-2)9(12-6-7)16-4-3-11;1-14-6-4-7(9(12)13)8(11-5-6)15-3-2-10;1-13-6-4-7-8(12)10-2-3-14-9(7)11-5-6;1-12-8-4-7-5-10-2-3-13-9(7)11-6-8;1-12-5-3-6(8(11)13-2)7(9)10-4-5;1-8(2,3)10-7(9)5-4-6-11;;/h8-9H,6-7H2,1-5H3,(H,16,19);5-6H,3-4,11H2,1-2H3;4-5H,2-3,10H2,1H3,(H,12,13);4-5H,2-3H2,1H3,(H,10,12);4,6,10H,2-3,5H2,1H3;3-4H,1-2H3;11H,4-6H2,1-3H3;;1H2/q;;;;;;;+1;/p-1. The quantitative estimate of drug-likeness (QED) is 0.00654. The Labute approximate surface area is 667 Å². The molecule has 107 heavy (non-hydrogen) atoms. The number of pyridine rings is 6. The van der Waals surface area contributed by atoms with Gasteiger partial charge in [0.25, 0.3) is 5.91 Å². The number of methoxy groups -OCH3 is 9. The number of nitrogens with one attached hydrogen (secondary N) is 3. The van der Waals surface area contributed by atoms with Crippen LogP contribution in [0.4, 0.5) is 4.79 Å². The van der Waals surface area contributed by atoms with Gasteiger partial charge in [0.2, 0.25) is 0 Å². The molecule has 31 nitrogen and oxygen atoms in total. The number of thiol groups is 1. The number of carbonyl (C=O) groups excluding carboxylic acids is 6. The fraction of sp³-hybridized carbons (Fsp3) is 0.456. The molecule has 0 aromatic carbocycles. The number of hydrogen-bond donors (Lipinski definition) is 7. The van der Waals surface area contributed by atoms with Gasteiger partial charge in [-0.1, -0.05) is 11.6 Å². The van der Waals surface area contributed by atoms with E-state index in [9.17, 15) is 33.6 Å². The van der Waals surface area contributed by atoms with E-state index in [-0.39, 0.29) is 58.1 Å². The third-order valence-corrected chi connectivity index (χ3v) is 18.0. The number of carboxylic acids is 1. The number of thioether (sulfide) groups is 5. The largest absolute Gasteiger partial charge is 1.00 e. The maximum atomic E-state index is 11.8. The summed E-state index contributed by atoms with van der Waals surface area (Å²) >= 11 is 17.1. The van der Waals surface area contributed by atoms with Gasteiger partial charge >= 0.3 is 54.8 Å². The van der Waals surface area contributed by atoms with Crippen LogP contribution in [0.25, 0.3) is 0 Å². The summed E-state index contributed by atoms with van der Waals surface area (Å²) in [6.07, 6.45) is 10.2. The Balaban J connectivity index is 0.00000124. The number of rotatable bonds is 23. The minimum atomic E-state index is -1.01. The van der Waals surface area contributed by atoms with E-state index >= 15 is 0 Å². The zero-order valence-electron chi connectivity index (χ0n) is 62.8. The number of aromatic carboxylic acids is 1. The third-order valence-electron chi connectivity index (χ3n) is 12.3. The van der Waals surface area contributed by atoms with Gasteiger partial charge in [-0.2, -0.15) is 12.6 Å². The predicted octanol–water partition coefficient (Wildman–Crippen LogP) is 6.87. The van der Waals surface area contributed by atoms with Gasteiger partial charge in [-0.05, 0) is 90.1 Å². The summed E-state index contributed by atoms with van der Waals surface area (Å²) in [5.41, 5.74) is 12.8. The summed E-state index contributed by atoms with van der Waals surface area (Å²) in [6.45, 7) is 15.0. The number of nitrogens with zero attached hydrogens (tertiary/aromatic N) is 6. The first-order valence-electron chi connectivity index (χ1n) is 31.7. The van der Waals surface area contributed by atoms with Crippen LogP contribution >= 0.6 is 83.0 Å². The van der Waals surface area contributed by atoms with Crippen molar-refractivity contribution in [2.75, 3.05) is 131 Å². The first kappa shape index (κ1) is 99.6. The van der Waals surface area contributed by atoms with Crippen LogP contribution < -0.4 is 74.7 Å². The van der Waals surface area contributed by atoms with E-state index in [0.717, 1.165) is 52.6 Å². The first-order chi connectivity index (χ1) is 50.0. The van der Waals surface area contributed by atoms with Gasteiger partial charge in [-0.3, -0.25) is 9.59 Å². The second kappa shape index (κ2) is 55.1. The molecule has 0 spiro atoms. The summed E-state index contributed by atoms with van der Waals surface area (Å²) in [7, 11) is 13.1. The van der Waals surface area contributed by atoms with Crippen molar-refractivity contribution in [3.05, 3.63) is 112 Å². The molecule has 0 saturated heterocycles. The number of carbonyl (C=O) groups is 7. The van der Waals surface area contributed by atoms with E-state index in [1.165, 1.54) is 121 Å². The minimum Gasteiger partial charge on any atom is -0.870 e. The van der Waals surface area contributed by atoms with Gasteiger partial charge in [0.05, 0.1) is 123 Å². The number of hydrogen-bond acceptors (Lipinski definition) is 34. The molecule has 0 saturated carbocycles. The van der Waals surface area contributed by atoms with Crippen molar-refractivity contribution in [1.29, 1.82) is 0 Å². The molecule has 0 atom stereocenters. The van der Waals surface area contributed by atoms with Gasteiger partial charge < -0.3 is 90.1 Å². The Hall–Kier alpha value is -7.38. The van der Waals surface area contributed by atoms with Crippen LogP contribution in [0.3, 0.4) is 0 Å². The van der Waals surface area contributed by atoms with Crippen LogP contribution in [-0.2, 0) is 35.0 Å². The van der Waals surface area contributed by atoms with Crippen molar-refractivity contribution >= 4 is 125 Å². The number of amides is 2. The number of alkyl carbamates (subject to hydrolysis) is 1. The van der Waals surface area contributed by atoms with Crippen LogP contribution in [0.15, 0.2) is 98.7 Å². The van der Waals surface area contributed by atoms with Crippen molar-refractivity contribution in [3.63, 3.8) is 0 Å². The summed E-state index contributed by atoms with van der Waals surface area (Å²) in [4.78, 5) is 104. The fourth-order valence-electron chi connectivity index (χ4n) is 7.50. The van der Waals surface area contributed by atoms with Gasteiger partial charge in [-0.25, -0.2) is 53.9 Å². The van der Waals surface area contributed by atoms with E-state index in [2.05, 4.69) is 68.0 Å². The molecule has 6 aromatic rings. The number of fused-ring (bicyclic) bond motifs is 2. The van der Waals surface area contributed by atoms with Crippen molar-refractivity contribution in [1.82, 2.24) is 45.9 Å². The third kappa shape index (κ3) is 39.5. The Kier molecular flexibility index (Phi) is 51.3. The van der Waals surface area contributed by atoms with E-state index in [4.69, 9.17) is 70.8 Å². The topological polar surface area (TPSA) is 437 Å². The predicted molar refractivity (Wildman–Crippen MR) is 412 cm³/mol. The Morgan fingerprint density at radius 1 is 0.570 bits per heavy atom. The molecule has 2 aliphatic heterocycles. The number of ether oxygens (including phenoxy) is 11. The summed E-state index contributed by atoms with van der Waals surface area (Å²) in [5, 5.41) is 21.3. The molecule has 2 aliphatic rings. The van der Waals surface area contributed by atoms with Crippen LogP contribution in [0, 0.1) is 0 Å². The molecule has 0 radical (unpaired) electrons. The molecular weight excluding hydrogens is 1530 g/mol. The van der Waals surface area contributed by atoms with Gasteiger partial charge in [0, 0.05) is 80.0 Å². The van der Waals surface area contributed by atoms with Crippen molar-refractivity contribution < 1.29 is 115 Å². The Morgan fingerprint density at radius 3 is 1.43 bits per heavy atom. The molecule has 2 amide bonds. The van der Waals surface area contributed by atoms with E-state index in [1.807, 2.05) is 26.8 Å². The second-order valence-corrected chi connectivity index (χ2v) is 28.6. The molecule has 586 valence electrons. The smallest absolute Gasteiger partial charge is 0.870 e. The molecule has 0 fully saturated rings. The number of aromatic nitrogens is 6. The molecule has 8 heterocycles. The average Bonchev–Trinajstić information content (AvgIpc) is 1.64. The minimum absolute atomic E-state index is 0. The molecule has 9 N–H and O–H groups in total. The SMILES string of the molecule is CC(C)(C)OC(=O)CCCS.COC(=O)c1cc(OC)cnc1Cl.COC(=O)c1cc(OC)cnc1SCCN.COC(=O)c1cc(OC)cnc1SCCNC(=O)OC(C)(C)C.COc1cnc(SCCN)c(C(=O)O)c1.COc1cnc2c(c1)C(=O)NCCS2.COc1cnc2c(c1)CNCCS2.[Li+].[OH-]. The van der Waals surface area contributed by atoms with Crippen LogP contribution in [-0.4, -0.2) is 225 Å². The fourth-order valence-corrected chi connectivity index (χ4v) is 11.9. The zero-order chi connectivity index (χ0) is 78.5. The monoisotopic (exact) mass is 1620 g/mol.